The van der Waals surface area contributed by atoms with Crippen molar-refractivity contribution in [2.45, 2.75) is 27.7 Å². The number of guanidine groups is 1. The molecular formula is C9H22N4. The molecule has 4 nitrogen and oxygen atoms in total. The zero-order chi connectivity index (χ0) is 10.5. The molecule has 0 aromatic carbocycles. The van der Waals surface area contributed by atoms with E-state index in [9.17, 15) is 0 Å². The second-order valence-corrected chi connectivity index (χ2v) is 4.21. The Hall–Kier alpha value is -0.770. The molecule has 0 amide bonds. The van der Waals surface area contributed by atoms with Crippen LogP contribution < -0.4 is 16.6 Å². The smallest absolute Gasteiger partial charge is 0.205 e. The van der Waals surface area contributed by atoms with Crippen LogP contribution in [-0.2, 0) is 0 Å². The summed E-state index contributed by atoms with van der Waals surface area (Å²) in [6.45, 7) is 9.71. The summed E-state index contributed by atoms with van der Waals surface area (Å²) in [6.07, 6.45) is 0. The lowest BCUT2D eigenvalue weighted by Gasteiger charge is -2.29. The topological polar surface area (TPSA) is 62.4 Å². The van der Waals surface area contributed by atoms with Gasteiger partial charge in [-0.1, -0.05) is 27.7 Å². The third-order valence-electron chi connectivity index (χ3n) is 2.63. The van der Waals surface area contributed by atoms with Crippen molar-refractivity contribution in [3.05, 3.63) is 0 Å². The van der Waals surface area contributed by atoms with Crippen molar-refractivity contribution in [3.63, 3.8) is 0 Å². The van der Waals surface area contributed by atoms with Gasteiger partial charge in [0.1, 0.15) is 0 Å². The van der Waals surface area contributed by atoms with Gasteiger partial charge in [0, 0.05) is 13.6 Å². The van der Waals surface area contributed by atoms with E-state index < -0.39 is 0 Å². The molecule has 0 aliphatic carbocycles. The molecule has 0 heterocycles. The highest BCUT2D eigenvalue weighted by atomic mass is 15.3. The van der Waals surface area contributed by atoms with E-state index in [1.165, 1.54) is 0 Å². The minimum Gasteiger partial charge on any atom is -0.355 e. The van der Waals surface area contributed by atoms with Crippen molar-refractivity contribution in [2.75, 3.05) is 13.6 Å². The van der Waals surface area contributed by atoms with Crippen LogP contribution in [0.1, 0.15) is 27.7 Å². The molecule has 13 heavy (non-hydrogen) atoms. The van der Waals surface area contributed by atoms with Crippen LogP contribution >= 0.6 is 0 Å². The summed E-state index contributed by atoms with van der Waals surface area (Å²) in [7, 11) is 1.70. The highest BCUT2D eigenvalue weighted by molar-refractivity contribution is 5.78. The average molecular weight is 186 g/mol. The number of nitrogens with one attached hydrogen (secondary N) is 2. The van der Waals surface area contributed by atoms with Crippen LogP contribution in [0.4, 0.5) is 0 Å². The van der Waals surface area contributed by atoms with E-state index >= 15 is 0 Å². The molecule has 0 saturated heterocycles. The van der Waals surface area contributed by atoms with Gasteiger partial charge in [-0.05, 0) is 11.3 Å². The van der Waals surface area contributed by atoms with E-state index in [0.29, 0.717) is 11.9 Å². The first-order valence-electron chi connectivity index (χ1n) is 4.61. The summed E-state index contributed by atoms with van der Waals surface area (Å²) in [6, 6.07) is 0. The minimum absolute atomic E-state index is 0.243. The van der Waals surface area contributed by atoms with Gasteiger partial charge in [-0.3, -0.25) is 10.4 Å². The number of hydrogen-bond acceptors (Lipinski definition) is 2. The molecule has 0 spiro atoms. The Morgan fingerprint density at radius 2 is 2.00 bits per heavy atom. The molecule has 0 unspecified atom stereocenters. The lowest BCUT2D eigenvalue weighted by molar-refractivity contribution is 0.250. The summed E-state index contributed by atoms with van der Waals surface area (Å²) >= 11 is 0. The summed E-state index contributed by atoms with van der Waals surface area (Å²) in [5.41, 5.74) is 2.74. The Balaban J connectivity index is 4.01. The van der Waals surface area contributed by atoms with E-state index in [0.717, 1.165) is 6.54 Å². The summed E-state index contributed by atoms with van der Waals surface area (Å²) in [5, 5.41) is 3.15. The normalized spacial score (nSPS) is 13.3. The lowest BCUT2D eigenvalue weighted by atomic mass is 9.81. The zero-order valence-corrected chi connectivity index (χ0v) is 9.31. The molecule has 0 aliphatic heterocycles. The standard InChI is InChI=1S/C9H22N4/c1-7(2)9(3,4)6-12-8(11-5)13-10/h7H,6,10H2,1-5H3,(H2,11,12,13). The molecule has 0 radical (unpaired) electrons. The Bertz CT molecular complexity index is 172. The highest BCUT2D eigenvalue weighted by Crippen LogP contribution is 2.24. The maximum absolute atomic E-state index is 5.25. The maximum atomic E-state index is 5.25. The summed E-state index contributed by atoms with van der Waals surface area (Å²) in [4.78, 5) is 3.94. The third kappa shape index (κ3) is 4.12. The van der Waals surface area contributed by atoms with Crippen LogP contribution in [0.5, 0.6) is 0 Å². The van der Waals surface area contributed by atoms with Gasteiger partial charge in [-0.25, -0.2) is 5.84 Å². The van der Waals surface area contributed by atoms with E-state index in [1.807, 2.05) is 0 Å². The largest absolute Gasteiger partial charge is 0.355 e. The molecule has 0 aromatic rings. The van der Waals surface area contributed by atoms with Gasteiger partial charge >= 0.3 is 0 Å². The molecule has 0 fully saturated rings. The van der Waals surface area contributed by atoms with E-state index in [4.69, 9.17) is 5.84 Å². The van der Waals surface area contributed by atoms with Gasteiger partial charge in [-0.15, -0.1) is 0 Å². The number of rotatable bonds is 3. The van der Waals surface area contributed by atoms with E-state index in [1.54, 1.807) is 7.05 Å². The van der Waals surface area contributed by atoms with Crippen molar-refractivity contribution in [2.24, 2.45) is 22.2 Å². The summed E-state index contributed by atoms with van der Waals surface area (Å²) < 4.78 is 0. The fourth-order valence-corrected chi connectivity index (χ4v) is 0.710. The van der Waals surface area contributed by atoms with Gasteiger partial charge in [0.15, 0.2) is 0 Å². The minimum atomic E-state index is 0.243. The zero-order valence-electron chi connectivity index (χ0n) is 9.31. The highest BCUT2D eigenvalue weighted by Gasteiger charge is 2.22. The first-order chi connectivity index (χ1) is 5.94. The second-order valence-electron chi connectivity index (χ2n) is 4.21. The Morgan fingerprint density at radius 3 is 2.31 bits per heavy atom. The Labute approximate surface area is 81.0 Å². The molecule has 0 atom stereocenters. The fourth-order valence-electron chi connectivity index (χ4n) is 0.710. The molecule has 4 N–H and O–H groups in total. The van der Waals surface area contributed by atoms with Crippen LogP contribution in [0, 0.1) is 11.3 Å². The Morgan fingerprint density at radius 1 is 1.46 bits per heavy atom. The predicted molar refractivity (Wildman–Crippen MR) is 57.3 cm³/mol. The fraction of sp³-hybridized carbons (Fsp3) is 0.889. The Kier molecular flexibility index (Phi) is 4.77. The van der Waals surface area contributed by atoms with Crippen LogP contribution in [0.25, 0.3) is 0 Å². The number of hydrogen-bond donors (Lipinski definition) is 3. The summed E-state index contributed by atoms with van der Waals surface area (Å²) in [5.74, 6) is 6.50. The molecule has 0 bridgehead atoms. The quantitative estimate of drug-likeness (QED) is 0.263. The molecule has 78 valence electrons. The van der Waals surface area contributed by atoms with E-state index in [-0.39, 0.29) is 5.41 Å². The van der Waals surface area contributed by atoms with Crippen molar-refractivity contribution >= 4 is 5.96 Å². The average Bonchev–Trinajstić information content (AvgIpc) is 2.06. The number of nitrogens with zero attached hydrogens (tertiary/aromatic N) is 1. The lowest BCUT2D eigenvalue weighted by Crippen LogP contribution is -2.46. The third-order valence-corrected chi connectivity index (χ3v) is 2.63. The monoisotopic (exact) mass is 186 g/mol. The van der Waals surface area contributed by atoms with Gasteiger partial charge in [0.25, 0.3) is 0 Å². The molecule has 0 aromatic heterocycles. The number of aliphatic imine (C=N–C) groups is 1. The first kappa shape index (κ1) is 12.2. The van der Waals surface area contributed by atoms with Gasteiger partial charge in [-0.2, -0.15) is 0 Å². The van der Waals surface area contributed by atoms with Gasteiger partial charge in [0.05, 0.1) is 0 Å². The van der Waals surface area contributed by atoms with Gasteiger partial charge < -0.3 is 5.32 Å². The number of nitrogens with two attached hydrogens (primary N) is 1. The first-order valence-corrected chi connectivity index (χ1v) is 4.61. The molecule has 0 aliphatic rings. The molecule has 0 saturated carbocycles. The van der Waals surface area contributed by atoms with Crippen molar-refractivity contribution in [1.82, 2.24) is 10.7 Å². The van der Waals surface area contributed by atoms with Crippen LogP contribution in [-0.4, -0.2) is 19.6 Å². The molecular weight excluding hydrogens is 164 g/mol. The van der Waals surface area contributed by atoms with Gasteiger partial charge in [0.2, 0.25) is 5.96 Å². The van der Waals surface area contributed by atoms with Crippen molar-refractivity contribution in [1.29, 1.82) is 0 Å². The van der Waals surface area contributed by atoms with Crippen molar-refractivity contribution < 1.29 is 0 Å². The predicted octanol–water partition coefficient (Wildman–Crippen LogP) is 0.707. The van der Waals surface area contributed by atoms with Crippen LogP contribution in [0.15, 0.2) is 4.99 Å². The maximum Gasteiger partial charge on any atom is 0.205 e. The van der Waals surface area contributed by atoms with Crippen LogP contribution in [0.3, 0.4) is 0 Å². The SMILES string of the molecule is CN=C(NN)NCC(C)(C)C(C)C. The van der Waals surface area contributed by atoms with E-state index in [2.05, 4.69) is 43.4 Å². The molecule has 4 heteroatoms. The number of hydrazine groups is 1. The van der Waals surface area contributed by atoms with Crippen molar-refractivity contribution in [3.8, 4) is 0 Å². The van der Waals surface area contributed by atoms with Crippen LogP contribution in [0.2, 0.25) is 0 Å². The molecule has 0 rings (SSSR count). The second kappa shape index (κ2) is 5.07.